The van der Waals surface area contributed by atoms with Gasteiger partial charge in [-0.2, -0.15) is 0 Å². The van der Waals surface area contributed by atoms with Crippen molar-refractivity contribution >= 4 is 17.9 Å². The van der Waals surface area contributed by atoms with Crippen molar-refractivity contribution in [3.63, 3.8) is 0 Å². The van der Waals surface area contributed by atoms with Gasteiger partial charge >= 0.3 is 17.9 Å². The maximum atomic E-state index is 10.2. The van der Waals surface area contributed by atoms with E-state index in [0.717, 1.165) is 19.3 Å². The van der Waals surface area contributed by atoms with E-state index in [1.807, 2.05) is 13.8 Å². The van der Waals surface area contributed by atoms with Crippen LogP contribution in [0.2, 0.25) is 0 Å². The lowest BCUT2D eigenvalue weighted by Gasteiger charge is -2.14. The summed E-state index contributed by atoms with van der Waals surface area (Å²) < 4.78 is 0. The first-order valence-electron chi connectivity index (χ1n) is 11.3. The molecule has 30 heavy (non-hydrogen) atoms. The van der Waals surface area contributed by atoms with Crippen molar-refractivity contribution < 1.29 is 29.7 Å². The molecule has 0 aromatic carbocycles. The van der Waals surface area contributed by atoms with Gasteiger partial charge in [0.25, 0.3) is 0 Å². The maximum Gasteiger partial charge on any atom is 0.303 e. The Balaban J connectivity index is -0.000000364. The summed E-state index contributed by atoms with van der Waals surface area (Å²) in [7, 11) is 0. The van der Waals surface area contributed by atoms with E-state index >= 15 is 0 Å². The van der Waals surface area contributed by atoms with Crippen molar-refractivity contribution in [1.82, 2.24) is 0 Å². The van der Waals surface area contributed by atoms with E-state index in [1.165, 1.54) is 0 Å². The average Bonchev–Trinajstić information content (AvgIpc) is 2.57. The lowest BCUT2D eigenvalue weighted by molar-refractivity contribution is -0.139. The number of carboxylic acid groups (broad SMARTS) is 3. The van der Waals surface area contributed by atoms with Gasteiger partial charge in [0.1, 0.15) is 0 Å². The molecule has 0 amide bonds. The number of carbonyl (C=O) groups is 3. The van der Waals surface area contributed by atoms with Crippen molar-refractivity contribution in [3.05, 3.63) is 0 Å². The number of carboxylic acids is 3. The molecule has 4 unspecified atom stereocenters. The van der Waals surface area contributed by atoms with Crippen LogP contribution in [0.1, 0.15) is 101 Å². The molecule has 3 N–H and O–H groups in total. The normalized spacial score (nSPS) is 14.5. The third-order valence-electron chi connectivity index (χ3n) is 5.46. The van der Waals surface area contributed by atoms with Gasteiger partial charge in [0.15, 0.2) is 0 Å². The first kappa shape index (κ1) is 33.1. The third kappa shape index (κ3) is 26.4. The molecule has 0 spiro atoms. The second-order valence-corrected chi connectivity index (χ2v) is 9.45. The Labute approximate surface area is 184 Å². The van der Waals surface area contributed by atoms with Gasteiger partial charge in [-0.25, -0.2) is 0 Å². The molecule has 0 radical (unpaired) electrons. The van der Waals surface area contributed by atoms with Crippen LogP contribution in [0.25, 0.3) is 0 Å². The highest BCUT2D eigenvalue weighted by Crippen LogP contribution is 2.17. The Bertz CT molecular complexity index is 459. The van der Waals surface area contributed by atoms with Crippen molar-refractivity contribution in [2.45, 2.75) is 101 Å². The summed E-state index contributed by atoms with van der Waals surface area (Å²) in [6, 6.07) is 0. The number of aliphatic carboxylic acids is 3. The van der Waals surface area contributed by atoms with E-state index in [0.29, 0.717) is 54.8 Å². The van der Waals surface area contributed by atoms with Crippen molar-refractivity contribution in [2.75, 3.05) is 0 Å². The number of hydrogen-bond donors (Lipinski definition) is 3. The molecule has 180 valence electrons. The summed E-state index contributed by atoms with van der Waals surface area (Å²) in [5.74, 6) is 0.814. The maximum absolute atomic E-state index is 10.2. The van der Waals surface area contributed by atoms with Crippen LogP contribution in [-0.2, 0) is 14.4 Å². The van der Waals surface area contributed by atoms with Crippen molar-refractivity contribution in [1.29, 1.82) is 0 Å². The molecule has 0 fully saturated rings. The smallest absolute Gasteiger partial charge is 0.303 e. The van der Waals surface area contributed by atoms with Gasteiger partial charge in [-0.15, -0.1) is 0 Å². The molecule has 0 aromatic heterocycles. The van der Waals surface area contributed by atoms with Crippen LogP contribution in [0, 0.1) is 35.5 Å². The quantitative estimate of drug-likeness (QED) is 0.327. The van der Waals surface area contributed by atoms with Gasteiger partial charge in [-0.1, -0.05) is 68.7 Å². The molecule has 0 aromatic rings. The number of rotatable bonds is 12. The molecule has 0 aliphatic heterocycles. The zero-order valence-corrected chi connectivity index (χ0v) is 20.8. The number of hydrogen-bond acceptors (Lipinski definition) is 3. The third-order valence-corrected chi connectivity index (χ3v) is 5.46. The fraction of sp³-hybridized carbons (Fsp3) is 0.875. The summed E-state index contributed by atoms with van der Waals surface area (Å²) in [5, 5.41) is 25.2. The Morgan fingerprint density at radius 3 is 1.43 bits per heavy atom. The minimum absolute atomic E-state index is 0.301. The minimum atomic E-state index is -0.687. The summed E-state index contributed by atoms with van der Waals surface area (Å²) in [6.07, 6.45) is 3.78. The SMILES string of the molecule is CC(C)C(C)CCC(=O)O.CC(C)CC(C)CC(=O)O.CCC(C)C(C)CC(=O)O. The summed E-state index contributed by atoms with van der Waals surface area (Å²) in [6.45, 7) is 18.7. The van der Waals surface area contributed by atoms with Crippen LogP contribution < -0.4 is 0 Å². The van der Waals surface area contributed by atoms with Gasteiger partial charge in [-0.3, -0.25) is 14.4 Å². The minimum Gasteiger partial charge on any atom is -0.481 e. The van der Waals surface area contributed by atoms with Gasteiger partial charge in [0.05, 0.1) is 0 Å². The molecule has 0 aliphatic carbocycles. The van der Waals surface area contributed by atoms with Gasteiger partial charge in [0.2, 0.25) is 0 Å². The average molecular weight is 433 g/mol. The van der Waals surface area contributed by atoms with Crippen LogP contribution in [0.3, 0.4) is 0 Å². The molecule has 4 atom stereocenters. The fourth-order valence-corrected chi connectivity index (χ4v) is 2.75. The van der Waals surface area contributed by atoms with Crippen LogP contribution >= 0.6 is 0 Å². The van der Waals surface area contributed by atoms with Gasteiger partial charge < -0.3 is 15.3 Å². The summed E-state index contributed by atoms with van der Waals surface area (Å²) in [5.41, 5.74) is 0. The molecule has 6 nitrogen and oxygen atoms in total. The molecule has 0 heterocycles. The highest BCUT2D eigenvalue weighted by atomic mass is 16.4. The van der Waals surface area contributed by atoms with E-state index in [9.17, 15) is 14.4 Å². The molecular weight excluding hydrogens is 384 g/mol. The lowest BCUT2D eigenvalue weighted by atomic mass is 9.91. The molecule has 0 rings (SSSR count). The van der Waals surface area contributed by atoms with Crippen molar-refractivity contribution in [2.24, 2.45) is 35.5 Å². The zero-order chi connectivity index (χ0) is 24.4. The van der Waals surface area contributed by atoms with Crippen LogP contribution in [-0.4, -0.2) is 33.2 Å². The fourth-order valence-electron chi connectivity index (χ4n) is 2.75. The molecule has 0 saturated heterocycles. The second-order valence-electron chi connectivity index (χ2n) is 9.45. The monoisotopic (exact) mass is 432 g/mol. The van der Waals surface area contributed by atoms with Gasteiger partial charge in [-0.05, 0) is 48.3 Å². The molecule has 6 heteroatoms. The van der Waals surface area contributed by atoms with E-state index in [2.05, 4.69) is 48.5 Å². The Morgan fingerprint density at radius 2 is 1.13 bits per heavy atom. The van der Waals surface area contributed by atoms with Crippen LogP contribution in [0.5, 0.6) is 0 Å². The summed E-state index contributed by atoms with van der Waals surface area (Å²) >= 11 is 0. The highest BCUT2D eigenvalue weighted by Gasteiger charge is 2.13. The predicted molar refractivity (Wildman–Crippen MR) is 123 cm³/mol. The topological polar surface area (TPSA) is 112 Å². The molecule has 0 bridgehead atoms. The van der Waals surface area contributed by atoms with Crippen LogP contribution in [0.15, 0.2) is 0 Å². The largest absolute Gasteiger partial charge is 0.481 e. The standard InChI is InChI=1S/3C8H16O2/c1-6(2)4-7(3)5-8(9)10;1-6(2)7(3)4-5-8(9)10;1-4-6(2)7(3)5-8(9)10/h3*6-7H,4-5H2,1-3H3,(H,9,10). The van der Waals surface area contributed by atoms with Gasteiger partial charge in [0, 0.05) is 19.3 Å². The Kier molecular flexibility index (Phi) is 21.4. The molecule has 0 aliphatic rings. The van der Waals surface area contributed by atoms with E-state index in [1.54, 1.807) is 0 Å². The molecule has 0 saturated carbocycles. The lowest BCUT2D eigenvalue weighted by Crippen LogP contribution is -2.11. The first-order valence-corrected chi connectivity index (χ1v) is 11.3. The highest BCUT2D eigenvalue weighted by molar-refractivity contribution is 5.67. The Hall–Kier alpha value is -1.59. The first-order chi connectivity index (χ1) is 13.6. The van der Waals surface area contributed by atoms with E-state index in [-0.39, 0.29) is 0 Å². The van der Waals surface area contributed by atoms with Crippen molar-refractivity contribution in [3.8, 4) is 0 Å². The zero-order valence-electron chi connectivity index (χ0n) is 20.8. The summed E-state index contributed by atoms with van der Waals surface area (Å²) in [4.78, 5) is 30.5. The van der Waals surface area contributed by atoms with E-state index in [4.69, 9.17) is 15.3 Å². The second kappa shape index (κ2) is 19.4. The van der Waals surface area contributed by atoms with E-state index < -0.39 is 17.9 Å². The predicted octanol–water partition coefficient (Wildman–Crippen LogP) is 6.43. The Morgan fingerprint density at radius 1 is 0.667 bits per heavy atom. The van der Waals surface area contributed by atoms with Crippen LogP contribution in [0.4, 0.5) is 0 Å². The molecular formula is C24H48O6.